The molecule has 0 aliphatic carbocycles. The molecule has 8 heteroatoms. The summed E-state index contributed by atoms with van der Waals surface area (Å²) < 4.78 is 9.04. The number of ether oxygens (including phenoxy) is 1. The van der Waals surface area contributed by atoms with Crippen molar-refractivity contribution in [3.05, 3.63) is 40.0 Å². The number of anilines is 1. The van der Waals surface area contributed by atoms with Crippen molar-refractivity contribution in [2.45, 2.75) is 60.6 Å². The van der Waals surface area contributed by atoms with Gasteiger partial charge in [0.05, 0.1) is 17.1 Å². The zero-order valence-electron chi connectivity index (χ0n) is 18.7. The second kappa shape index (κ2) is 9.44. The number of rotatable bonds is 7. The van der Waals surface area contributed by atoms with Crippen molar-refractivity contribution in [3.63, 3.8) is 0 Å². The third-order valence-corrected chi connectivity index (χ3v) is 5.11. The van der Waals surface area contributed by atoms with Crippen molar-refractivity contribution in [1.82, 2.24) is 14.3 Å². The van der Waals surface area contributed by atoms with E-state index in [4.69, 9.17) is 4.74 Å². The van der Waals surface area contributed by atoms with Crippen LogP contribution in [0.5, 0.6) is 0 Å². The predicted octanol–water partition coefficient (Wildman–Crippen LogP) is 3.34. The lowest BCUT2D eigenvalue weighted by Gasteiger charge is -2.13. The average Bonchev–Trinajstić information content (AvgIpc) is 3.09. The summed E-state index contributed by atoms with van der Waals surface area (Å²) in [6, 6.07) is 3.82. The molecule has 2 aromatic rings. The third kappa shape index (κ3) is 4.79. The fourth-order valence-corrected chi connectivity index (χ4v) is 3.29. The van der Waals surface area contributed by atoms with Crippen LogP contribution in [0.1, 0.15) is 48.6 Å². The Balaban J connectivity index is 2.15. The van der Waals surface area contributed by atoms with Gasteiger partial charge < -0.3 is 14.6 Å². The van der Waals surface area contributed by atoms with Gasteiger partial charge in [0.1, 0.15) is 11.6 Å². The highest BCUT2D eigenvalue weighted by Crippen LogP contribution is 2.21. The van der Waals surface area contributed by atoms with E-state index in [-0.39, 0.29) is 5.57 Å². The van der Waals surface area contributed by atoms with Crippen LogP contribution >= 0.6 is 0 Å². The van der Waals surface area contributed by atoms with E-state index in [1.54, 1.807) is 18.7 Å². The molecule has 1 atom stereocenters. The molecular formula is C22H29N5O3. The van der Waals surface area contributed by atoms with E-state index in [1.165, 1.54) is 13.0 Å². The minimum Gasteiger partial charge on any atom is -0.448 e. The zero-order chi connectivity index (χ0) is 22.6. The van der Waals surface area contributed by atoms with Gasteiger partial charge in [0.2, 0.25) is 0 Å². The fourth-order valence-electron chi connectivity index (χ4n) is 3.29. The number of nitriles is 1. The lowest BCUT2D eigenvalue weighted by molar-refractivity contribution is -0.148. The van der Waals surface area contributed by atoms with E-state index < -0.39 is 18.0 Å². The normalized spacial score (nSPS) is 12.4. The van der Waals surface area contributed by atoms with Gasteiger partial charge in [-0.05, 0) is 58.7 Å². The molecule has 0 aliphatic heterocycles. The maximum absolute atomic E-state index is 12.5. The molecule has 30 heavy (non-hydrogen) atoms. The molecule has 2 aromatic heterocycles. The standard InChI is InChI=1S/C22H29N5O3/c1-8-9-27-13(2)10-18(15(27)4)11-19(12-23)22(29)30-17(6)21(28)24-20-14(3)25-26(7)16(20)5/h10-11,17H,8-9H2,1-7H3,(H,24,28)/b19-11+/t17-/m1/s1. The number of esters is 1. The quantitative estimate of drug-likeness (QED) is 0.428. The van der Waals surface area contributed by atoms with Gasteiger partial charge in [0, 0.05) is 25.0 Å². The molecule has 0 fully saturated rings. The van der Waals surface area contributed by atoms with E-state index in [1.807, 2.05) is 32.9 Å². The smallest absolute Gasteiger partial charge is 0.349 e. The molecule has 2 rings (SSSR count). The topological polar surface area (TPSA) is 102 Å². The summed E-state index contributed by atoms with van der Waals surface area (Å²) in [5, 5.41) is 16.4. The van der Waals surface area contributed by atoms with Crippen LogP contribution in [0.15, 0.2) is 11.6 Å². The minimum atomic E-state index is -1.07. The first-order valence-corrected chi connectivity index (χ1v) is 9.91. The van der Waals surface area contributed by atoms with E-state index in [2.05, 4.69) is 21.9 Å². The van der Waals surface area contributed by atoms with Gasteiger partial charge in [-0.25, -0.2) is 4.79 Å². The highest BCUT2D eigenvalue weighted by molar-refractivity contribution is 6.01. The molecule has 8 nitrogen and oxygen atoms in total. The first kappa shape index (κ1) is 22.9. The highest BCUT2D eigenvalue weighted by Gasteiger charge is 2.23. The third-order valence-electron chi connectivity index (χ3n) is 5.11. The maximum Gasteiger partial charge on any atom is 0.349 e. The number of amides is 1. The fraction of sp³-hybridized carbons (Fsp3) is 0.455. The molecule has 0 saturated carbocycles. The minimum absolute atomic E-state index is 0.153. The van der Waals surface area contributed by atoms with Crippen LogP contribution in [0.25, 0.3) is 6.08 Å². The van der Waals surface area contributed by atoms with Gasteiger partial charge in [0.15, 0.2) is 6.10 Å². The molecule has 1 amide bonds. The summed E-state index contributed by atoms with van der Waals surface area (Å²) in [5.41, 5.74) is 4.71. The van der Waals surface area contributed by atoms with Gasteiger partial charge in [-0.3, -0.25) is 9.48 Å². The molecule has 0 aromatic carbocycles. The Morgan fingerprint density at radius 3 is 2.50 bits per heavy atom. The van der Waals surface area contributed by atoms with Crippen molar-refractivity contribution in [2.75, 3.05) is 5.32 Å². The highest BCUT2D eigenvalue weighted by atomic mass is 16.5. The summed E-state index contributed by atoms with van der Waals surface area (Å²) in [4.78, 5) is 25.0. The van der Waals surface area contributed by atoms with Crippen molar-refractivity contribution >= 4 is 23.6 Å². The Hall–Kier alpha value is -3.34. The van der Waals surface area contributed by atoms with Gasteiger partial charge in [0.25, 0.3) is 5.91 Å². The van der Waals surface area contributed by atoms with Crippen LogP contribution in [0.3, 0.4) is 0 Å². The van der Waals surface area contributed by atoms with Gasteiger partial charge >= 0.3 is 5.97 Å². The van der Waals surface area contributed by atoms with Gasteiger partial charge in [-0.1, -0.05) is 6.92 Å². The Bertz CT molecular complexity index is 1040. The van der Waals surface area contributed by atoms with Crippen LogP contribution in [-0.4, -0.2) is 32.3 Å². The van der Waals surface area contributed by atoms with Crippen molar-refractivity contribution < 1.29 is 14.3 Å². The van der Waals surface area contributed by atoms with Crippen LogP contribution in [0, 0.1) is 39.0 Å². The number of hydrogen-bond donors (Lipinski definition) is 1. The van der Waals surface area contributed by atoms with Crippen molar-refractivity contribution in [3.8, 4) is 6.07 Å². The summed E-state index contributed by atoms with van der Waals surface area (Å²) in [5.74, 6) is -1.32. The maximum atomic E-state index is 12.5. The van der Waals surface area contributed by atoms with Gasteiger partial charge in [-0.15, -0.1) is 0 Å². The van der Waals surface area contributed by atoms with Crippen LogP contribution < -0.4 is 5.32 Å². The average molecular weight is 412 g/mol. The first-order chi connectivity index (χ1) is 14.1. The monoisotopic (exact) mass is 411 g/mol. The molecule has 0 radical (unpaired) electrons. The molecule has 0 bridgehead atoms. The van der Waals surface area contributed by atoms with E-state index in [0.29, 0.717) is 11.4 Å². The Morgan fingerprint density at radius 1 is 1.30 bits per heavy atom. The van der Waals surface area contributed by atoms with E-state index >= 15 is 0 Å². The van der Waals surface area contributed by atoms with E-state index in [9.17, 15) is 14.9 Å². The number of nitrogens with zero attached hydrogens (tertiary/aromatic N) is 4. The number of aromatic nitrogens is 3. The number of carbonyl (C=O) groups is 2. The molecule has 2 heterocycles. The summed E-state index contributed by atoms with van der Waals surface area (Å²) in [6.07, 6.45) is 1.42. The Morgan fingerprint density at radius 2 is 1.97 bits per heavy atom. The van der Waals surface area contributed by atoms with Crippen LogP contribution in [0.4, 0.5) is 5.69 Å². The van der Waals surface area contributed by atoms with Crippen molar-refractivity contribution in [2.24, 2.45) is 7.05 Å². The van der Waals surface area contributed by atoms with Gasteiger partial charge in [-0.2, -0.15) is 10.4 Å². The SMILES string of the molecule is CCCn1c(C)cc(/C=C(\C#N)C(=O)O[C@H](C)C(=O)Nc2c(C)nn(C)c2C)c1C. The second-order valence-electron chi connectivity index (χ2n) is 7.35. The zero-order valence-corrected chi connectivity index (χ0v) is 18.7. The van der Waals surface area contributed by atoms with E-state index in [0.717, 1.165) is 35.6 Å². The lowest BCUT2D eigenvalue weighted by Crippen LogP contribution is -2.30. The largest absolute Gasteiger partial charge is 0.448 e. The molecule has 1 N–H and O–H groups in total. The summed E-state index contributed by atoms with van der Waals surface area (Å²) in [7, 11) is 1.78. The second-order valence-corrected chi connectivity index (χ2v) is 7.35. The van der Waals surface area contributed by atoms with Crippen LogP contribution in [0.2, 0.25) is 0 Å². The Labute approximate surface area is 177 Å². The number of aryl methyl sites for hydroxylation is 3. The molecule has 160 valence electrons. The summed E-state index contributed by atoms with van der Waals surface area (Å²) >= 11 is 0. The number of hydrogen-bond acceptors (Lipinski definition) is 5. The molecule has 0 spiro atoms. The predicted molar refractivity (Wildman–Crippen MR) is 115 cm³/mol. The molecular weight excluding hydrogens is 382 g/mol. The Kier molecular flexibility index (Phi) is 7.22. The summed E-state index contributed by atoms with van der Waals surface area (Å²) in [6.45, 7) is 12.0. The van der Waals surface area contributed by atoms with Crippen molar-refractivity contribution in [1.29, 1.82) is 5.26 Å². The molecule has 0 saturated heterocycles. The number of carbonyl (C=O) groups excluding carboxylic acids is 2. The van der Waals surface area contributed by atoms with Crippen LogP contribution in [-0.2, 0) is 27.9 Å². The molecule has 0 aliphatic rings. The lowest BCUT2D eigenvalue weighted by atomic mass is 10.1. The molecule has 0 unspecified atom stereocenters. The number of nitrogens with one attached hydrogen (secondary N) is 1. The first-order valence-electron chi connectivity index (χ1n) is 9.91.